The summed E-state index contributed by atoms with van der Waals surface area (Å²) in [6.07, 6.45) is 3.75. The Morgan fingerprint density at radius 3 is 2.86 bits per heavy atom. The molecule has 2 unspecified atom stereocenters. The lowest BCUT2D eigenvalue weighted by Gasteiger charge is -2.23. The number of aryl methyl sites for hydroxylation is 1. The molecule has 2 atom stereocenters. The van der Waals surface area contributed by atoms with E-state index in [2.05, 4.69) is 17.1 Å². The minimum Gasteiger partial charge on any atom is -0.339 e. The van der Waals surface area contributed by atoms with Crippen molar-refractivity contribution >= 4 is 10.0 Å². The molecule has 2 heterocycles. The number of hydrogen-bond donors (Lipinski definition) is 1. The molecule has 2 aliphatic rings. The molecule has 0 bridgehead atoms. The Hall–Kier alpha value is -1.70. The Morgan fingerprint density at radius 1 is 1.36 bits per heavy atom. The SMILES string of the molecule is Cn1cnc(S(=O)(=O)N2CC3c4ccccc4CC3(N)C2)c1. The van der Waals surface area contributed by atoms with E-state index in [0.717, 1.165) is 6.42 Å². The van der Waals surface area contributed by atoms with Crippen LogP contribution >= 0.6 is 0 Å². The maximum absolute atomic E-state index is 12.7. The van der Waals surface area contributed by atoms with Gasteiger partial charge in [0.1, 0.15) is 0 Å². The molecule has 1 aromatic carbocycles. The molecule has 4 rings (SSSR count). The zero-order valence-electron chi connectivity index (χ0n) is 12.3. The zero-order valence-corrected chi connectivity index (χ0v) is 13.1. The van der Waals surface area contributed by atoms with Crippen molar-refractivity contribution in [2.75, 3.05) is 13.1 Å². The molecule has 0 radical (unpaired) electrons. The van der Waals surface area contributed by atoms with Crippen molar-refractivity contribution in [3.8, 4) is 0 Å². The standard InChI is InChI=1S/C15H18N4O2S/c1-18-8-14(17-10-18)22(20,21)19-7-13-12-5-3-2-4-11(12)6-15(13,16)9-19/h2-5,8,10,13H,6-7,9,16H2,1H3. The van der Waals surface area contributed by atoms with Crippen LogP contribution in [0, 0.1) is 0 Å². The molecule has 6 nitrogen and oxygen atoms in total. The van der Waals surface area contributed by atoms with E-state index in [1.54, 1.807) is 11.6 Å². The first-order valence-corrected chi connectivity index (χ1v) is 8.69. The number of fused-ring (bicyclic) bond motifs is 3. The number of aromatic nitrogens is 2. The van der Waals surface area contributed by atoms with Gasteiger partial charge < -0.3 is 10.3 Å². The van der Waals surface area contributed by atoms with E-state index in [0.29, 0.717) is 13.1 Å². The third kappa shape index (κ3) is 1.86. The highest BCUT2D eigenvalue weighted by Gasteiger charge is 2.52. The molecule has 116 valence electrons. The van der Waals surface area contributed by atoms with Gasteiger partial charge in [0.25, 0.3) is 10.0 Å². The largest absolute Gasteiger partial charge is 0.339 e. The van der Waals surface area contributed by atoms with Gasteiger partial charge >= 0.3 is 0 Å². The van der Waals surface area contributed by atoms with Crippen molar-refractivity contribution in [3.05, 3.63) is 47.9 Å². The van der Waals surface area contributed by atoms with Crippen LogP contribution < -0.4 is 5.73 Å². The van der Waals surface area contributed by atoms with Gasteiger partial charge in [-0.25, -0.2) is 13.4 Å². The summed E-state index contributed by atoms with van der Waals surface area (Å²) in [7, 11) is -1.82. The number of nitrogens with two attached hydrogens (primary N) is 1. The van der Waals surface area contributed by atoms with Crippen LogP contribution in [0.3, 0.4) is 0 Å². The highest BCUT2D eigenvalue weighted by atomic mass is 32.2. The second-order valence-corrected chi connectivity index (χ2v) is 8.22. The van der Waals surface area contributed by atoms with Gasteiger partial charge in [-0.05, 0) is 17.5 Å². The number of imidazole rings is 1. The lowest BCUT2D eigenvalue weighted by molar-refractivity contribution is 0.414. The second kappa shape index (κ2) is 4.41. The van der Waals surface area contributed by atoms with Crippen molar-refractivity contribution in [1.82, 2.24) is 13.9 Å². The van der Waals surface area contributed by atoms with Crippen LogP contribution in [-0.2, 0) is 23.5 Å². The van der Waals surface area contributed by atoms with E-state index < -0.39 is 15.6 Å². The molecule has 1 aliphatic carbocycles. The molecule has 22 heavy (non-hydrogen) atoms. The molecule has 2 aromatic rings. The minimum atomic E-state index is -3.58. The monoisotopic (exact) mass is 318 g/mol. The number of benzene rings is 1. The van der Waals surface area contributed by atoms with Crippen LogP contribution in [0.2, 0.25) is 0 Å². The quantitative estimate of drug-likeness (QED) is 0.872. The summed E-state index contributed by atoms with van der Waals surface area (Å²) in [6.45, 7) is 0.762. The second-order valence-electron chi connectivity index (χ2n) is 6.34. The predicted molar refractivity (Wildman–Crippen MR) is 81.8 cm³/mol. The summed E-state index contributed by atoms with van der Waals surface area (Å²) in [6, 6.07) is 8.14. The van der Waals surface area contributed by atoms with Gasteiger partial charge in [-0.1, -0.05) is 24.3 Å². The van der Waals surface area contributed by atoms with E-state index in [1.807, 2.05) is 12.1 Å². The predicted octanol–water partition coefficient (Wildman–Crippen LogP) is 0.462. The first-order chi connectivity index (χ1) is 10.4. The van der Waals surface area contributed by atoms with Gasteiger partial charge in [0.15, 0.2) is 5.03 Å². The van der Waals surface area contributed by atoms with Gasteiger partial charge in [0, 0.05) is 37.8 Å². The molecular weight excluding hydrogens is 300 g/mol. The highest BCUT2D eigenvalue weighted by molar-refractivity contribution is 7.89. The Bertz CT molecular complexity index is 845. The molecule has 0 spiro atoms. The Morgan fingerprint density at radius 2 is 2.14 bits per heavy atom. The van der Waals surface area contributed by atoms with Crippen LogP contribution in [-0.4, -0.2) is 40.9 Å². The number of hydrogen-bond acceptors (Lipinski definition) is 4. The van der Waals surface area contributed by atoms with Crippen LogP contribution in [0.1, 0.15) is 17.0 Å². The van der Waals surface area contributed by atoms with Crippen LogP contribution in [0.5, 0.6) is 0 Å². The third-order valence-corrected chi connectivity index (χ3v) is 6.48. The summed E-state index contributed by atoms with van der Waals surface area (Å²) in [5, 5.41) is 0.0897. The summed E-state index contributed by atoms with van der Waals surface area (Å²) in [4.78, 5) is 3.99. The lowest BCUT2D eigenvalue weighted by Crippen LogP contribution is -2.46. The Kier molecular flexibility index (Phi) is 2.79. The molecule has 1 aromatic heterocycles. The molecular formula is C15H18N4O2S. The molecule has 0 amide bonds. The smallest absolute Gasteiger partial charge is 0.262 e. The third-order valence-electron chi connectivity index (χ3n) is 4.79. The van der Waals surface area contributed by atoms with E-state index in [-0.39, 0.29) is 10.9 Å². The summed E-state index contributed by atoms with van der Waals surface area (Å²) < 4.78 is 28.6. The maximum Gasteiger partial charge on any atom is 0.262 e. The van der Waals surface area contributed by atoms with Crippen molar-refractivity contribution in [1.29, 1.82) is 0 Å². The fraction of sp³-hybridized carbons (Fsp3) is 0.400. The number of sulfonamides is 1. The van der Waals surface area contributed by atoms with E-state index in [4.69, 9.17) is 5.73 Å². The zero-order chi connectivity index (χ0) is 15.5. The Labute approximate surface area is 129 Å². The number of nitrogens with zero attached hydrogens (tertiary/aromatic N) is 3. The first kappa shape index (κ1) is 13.9. The number of rotatable bonds is 2. The molecule has 0 saturated carbocycles. The van der Waals surface area contributed by atoms with Gasteiger partial charge in [-0.15, -0.1) is 0 Å². The minimum absolute atomic E-state index is 0.0576. The van der Waals surface area contributed by atoms with E-state index in [1.165, 1.54) is 28.0 Å². The van der Waals surface area contributed by atoms with Crippen molar-refractivity contribution in [2.45, 2.75) is 22.9 Å². The average Bonchev–Trinajstić information content (AvgIpc) is 3.10. The molecule has 1 saturated heterocycles. The van der Waals surface area contributed by atoms with Gasteiger partial charge in [0.05, 0.1) is 6.33 Å². The molecule has 7 heteroatoms. The normalized spacial score (nSPS) is 27.8. The topological polar surface area (TPSA) is 81.2 Å². The highest BCUT2D eigenvalue weighted by Crippen LogP contribution is 2.45. The van der Waals surface area contributed by atoms with Crippen molar-refractivity contribution in [2.24, 2.45) is 12.8 Å². The van der Waals surface area contributed by atoms with Gasteiger partial charge in [-0.2, -0.15) is 4.31 Å². The van der Waals surface area contributed by atoms with E-state index in [9.17, 15) is 8.42 Å². The van der Waals surface area contributed by atoms with Crippen molar-refractivity contribution in [3.63, 3.8) is 0 Å². The lowest BCUT2D eigenvalue weighted by atomic mass is 9.89. The molecule has 1 aliphatic heterocycles. The fourth-order valence-corrected chi connectivity index (χ4v) is 5.20. The van der Waals surface area contributed by atoms with Crippen molar-refractivity contribution < 1.29 is 8.42 Å². The molecule has 1 fully saturated rings. The maximum atomic E-state index is 12.7. The van der Waals surface area contributed by atoms with Crippen LogP contribution in [0.4, 0.5) is 0 Å². The van der Waals surface area contributed by atoms with E-state index >= 15 is 0 Å². The summed E-state index contributed by atoms with van der Waals surface area (Å²) >= 11 is 0. The molecule has 2 N–H and O–H groups in total. The fourth-order valence-electron chi connectivity index (χ4n) is 3.70. The summed E-state index contributed by atoms with van der Waals surface area (Å²) in [5.74, 6) is 0.0576. The summed E-state index contributed by atoms with van der Waals surface area (Å²) in [5.41, 5.74) is 8.47. The Balaban J connectivity index is 1.69. The van der Waals surface area contributed by atoms with Gasteiger partial charge in [-0.3, -0.25) is 0 Å². The van der Waals surface area contributed by atoms with Crippen LogP contribution in [0.25, 0.3) is 0 Å². The average molecular weight is 318 g/mol. The van der Waals surface area contributed by atoms with Gasteiger partial charge in [0.2, 0.25) is 0 Å². The first-order valence-electron chi connectivity index (χ1n) is 7.25. The van der Waals surface area contributed by atoms with Crippen LogP contribution in [0.15, 0.2) is 41.8 Å².